The van der Waals surface area contributed by atoms with Crippen LogP contribution in [0, 0.1) is 26.9 Å². The van der Waals surface area contributed by atoms with Gasteiger partial charge < -0.3 is 15.5 Å². The molecule has 0 amide bonds. The maximum absolute atomic E-state index is 13.5. The number of benzene rings is 2. The van der Waals surface area contributed by atoms with E-state index < -0.39 is 45.7 Å². The molecule has 4 unspecified atom stereocenters. The number of aliphatic carboxylic acids is 2. The number of carbonyl (C=O) groups is 2. The highest BCUT2D eigenvalue weighted by atomic mass is 16.6. The Balaban J connectivity index is 1.87. The lowest BCUT2D eigenvalue weighted by molar-refractivity contribution is -0.385. The lowest BCUT2D eigenvalue weighted by Crippen LogP contribution is -2.71. The van der Waals surface area contributed by atoms with Gasteiger partial charge in [0.2, 0.25) is 0 Å². The maximum atomic E-state index is 13.5. The van der Waals surface area contributed by atoms with Crippen molar-refractivity contribution in [2.24, 2.45) is 16.7 Å². The Bertz CT molecular complexity index is 1170. The minimum atomic E-state index is -1.53. The summed E-state index contributed by atoms with van der Waals surface area (Å²) in [4.78, 5) is 39.7. The molecule has 9 heteroatoms. The first-order chi connectivity index (χ1) is 17.5. The molecule has 0 aromatic heterocycles. The van der Waals surface area contributed by atoms with E-state index in [4.69, 9.17) is 0 Å². The van der Waals surface area contributed by atoms with Crippen LogP contribution >= 0.6 is 0 Å². The summed E-state index contributed by atoms with van der Waals surface area (Å²) in [6.45, 7) is 7.11. The van der Waals surface area contributed by atoms with Crippen molar-refractivity contribution in [3.8, 4) is 0 Å². The number of carboxylic acid groups (broad SMARTS) is 2. The molecule has 4 rings (SSSR count). The van der Waals surface area contributed by atoms with E-state index in [0.29, 0.717) is 25.1 Å². The number of piperidine rings is 2. The fourth-order valence-electron chi connectivity index (χ4n) is 6.93. The van der Waals surface area contributed by atoms with Gasteiger partial charge in [0, 0.05) is 43.2 Å². The second-order valence-corrected chi connectivity index (χ2v) is 10.8. The van der Waals surface area contributed by atoms with Gasteiger partial charge in [0.25, 0.3) is 5.69 Å². The van der Waals surface area contributed by atoms with Gasteiger partial charge in [0.05, 0.1) is 15.8 Å². The van der Waals surface area contributed by atoms with Crippen molar-refractivity contribution in [3.63, 3.8) is 0 Å². The van der Waals surface area contributed by atoms with Gasteiger partial charge in [-0.25, -0.2) is 0 Å². The highest BCUT2D eigenvalue weighted by Crippen LogP contribution is 2.60. The molecule has 0 bridgehead atoms. The van der Waals surface area contributed by atoms with Crippen molar-refractivity contribution in [3.05, 3.63) is 75.8 Å². The van der Waals surface area contributed by atoms with Crippen LogP contribution in [0.3, 0.4) is 0 Å². The van der Waals surface area contributed by atoms with E-state index >= 15 is 0 Å². The summed E-state index contributed by atoms with van der Waals surface area (Å²) < 4.78 is 0. The highest BCUT2D eigenvalue weighted by Gasteiger charge is 2.67. The summed E-state index contributed by atoms with van der Waals surface area (Å²) >= 11 is 0. The van der Waals surface area contributed by atoms with Crippen LogP contribution in [0.5, 0.6) is 0 Å². The zero-order valence-corrected chi connectivity index (χ0v) is 21.5. The molecule has 198 valence electrons. The van der Waals surface area contributed by atoms with Crippen molar-refractivity contribution in [1.82, 2.24) is 10.2 Å². The molecule has 0 aliphatic carbocycles. The molecule has 3 N–H and O–H groups in total. The Kier molecular flexibility index (Phi) is 7.39. The number of carboxylic acids is 2. The topological polar surface area (TPSA) is 133 Å². The van der Waals surface area contributed by atoms with Gasteiger partial charge in [0.15, 0.2) is 0 Å². The number of nitrogens with one attached hydrogen (secondary N) is 1. The molecule has 2 heterocycles. The van der Waals surface area contributed by atoms with E-state index in [1.165, 1.54) is 18.2 Å². The van der Waals surface area contributed by atoms with Crippen LogP contribution in [-0.2, 0) is 16.1 Å². The van der Waals surface area contributed by atoms with Gasteiger partial charge in [-0.05, 0) is 57.2 Å². The highest BCUT2D eigenvalue weighted by molar-refractivity contribution is 5.84. The van der Waals surface area contributed by atoms with Gasteiger partial charge in [-0.15, -0.1) is 0 Å². The molecular formula is C28H35N3O6. The Morgan fingerprint density at radius 1 is 1.08 bits per heavy atom. The van der Waals surface area contributed by atoms with Crippen LogP contribution in [-0.4, -0.2) is 57.1 Å². The summed E-state index contributed by atoms with van der Waals surface area (Å²) in [5.41, 5.74) is -1.72. The minimum absolute atomic E-state index is 0.183. The Morgan fingerprint density at radius 2 is 1.78 bits per heavy atom. The lowest BCUT2D eigenvalue weighted by Gasteiger charge is -2.59. The number of hydrogen-bond acceptors (Lipinski definition) is 6. The first-order valence-corrected chi connectivity index (χ1v) is 12.8. The number of rotatable bonds is 7. The molecular weight excluding hydrogens is 474 g/mol. The Hall–Kier alpha value is -3.30. The number of hydrogen-bond donors (Lipinski definition) is 3. The van der Waals surface area contributed by atoms with Crippen LogP contribution in [0.2, 0.25) is 0 Å². The fourth-order valence-corrected chi connectivity index (χ4v) is 6.93. The smallest absolute Gasteiger partial charge is 0.312 e. The number of likely N-dealkylation sites (tertiary alicyclic amines) is 1. The maximum Gasteiger partial charge on any atom is 0.312 e. The van der Waals surface area contributed by atoms with E-state index in [-0.39, 0.29) is 11.6 Å². The standard InChI is InChI=1S/C28H35N3O6/c1-18-27(3,25(32)33)24(21-11-7-13-23(15-21)31(36)37)28(26(34)35,19(2)29-18)22-12-8-14-30(17-22)16-20-9-5-4-6-10-20/h4-7,9-11,13,15,18-19,22,24,29H,8,12,14,16-17H2,1-3H3,(H,32,33)(H,34,35)/t18?,19?,22-,24+,27?,28?/m0/s1. The second-order valence-electron chi connectivity index (χ2n) is 10.8. The third kappa shape index (κ3) is 4.51. The molecule has 2 aliphatic heterocycles. The van der Waals surface area contributed by atoms with Gasteiger partial charge in [-0.2, -0.15) is 0 Å². The zero-order chi connectivity index (χ0) is 27.0. The SMILES string of the molecule is CC1NC(C)C(C(=O)O)([C@H]2CCCN(Cc3ccccc3)C2)[C@H](c2cccc([N+](=O)[O-])c2)C1(C)C(=O)O. The van der Waals surface area contributed by atoms with Crippen LogP contribution in [0.25, 0.3) is 0 Å². The van der Waals surface area contributed by atoms with Crippen molar-refractivity contribution >= 4 is 17.6 Å². The first kappa shape index (κ1) is 26.8. The predicted octanol–water partition coefficient (Wildman–Crippen LogP) is 4.13. The van der Waals surface area contributed by atoms with Crippen molar-refractivity contribution in [1.29, 1.82) is 0 Å². The zero-order valence-electron chi connectivity index (χ0n) is 21.5. The van der Waals surface area contributed by atoms with Crippen LogP contribution < -0.4 is 5.32 Å². The third-order valence-corrected chi connectivity index (χ3v) is 8.87. The van der Waals surface area contributed by atoms with Crippen molar-refractivity contribution in [2.75, 3.05) is 13.1 Å². The number of non-ortho nitro benzene ring substituents is 1. The molecule has 6 atom stereocenters. The summed E-state index contributed by atoms with van der Waals surface area (Å²) in [5, 5.41) is 36.5. The molecule has 0 saturated carbocycles. The van der Waals surface area contributed by atoms with E-state index in [1.54, 1.807) is 19.9 Å². The molecule has 2 aliphatic rings. The van der Waals surface area contributed by atoms with Crippen LogP contribution in [0.15, 0.2) is 54.6 Å². The average molecular weight is 510 g/mol. The monoisotopic (exact) mass is 509 g/mol. The van der Waals surface area contributed by atoms with E-state index in [9.17, 15) is 29.9 Å². The second kappa shape index (κ2) is 10.2. The quantitative estimate of drug-likeness (QED) is 0.375. The predicted molar refractivity (Wildman–Crippen MR) is 138 cm³/mol. The van der Waals surface area contributed by atoms with Crippen LogP contribution in [0.1, 0.15) is 50.7 Å². The summed E-state index contributed by atoms with van der Waals surface area (Å²) in [7, 11) is 0. The van der Waals surface area contributed by atoms with Crippen molar-refractivity contribution < 1.29 is 24.7 Å². The average Bonchev–Trinajstić information content (AvgIpc) is 2.86. The third-order valence-electron chi connectivity index (χ3n) is 8.87. The first-order valence-electron chi connectivity index (χ1n) is 12.8. The molecule has 9 nitrogen and oxygen atoms in total. The molecule has 0 spiro atoms. The number of nitrogens with zero attached hydrogens (tertiary/aromatic N) is 2. The summed E-state index contributed by atoms with van der Waals surface area (Å²) in [6, 6.07) is 14.7. The summed E-state index contributed by atoms with van der Waals surface area (Å²) in [6.07, 6.45) is 1.40. The lowest BCUT2D eigenvalue weighted by atomic mass is 9.48. The molecule has 2 saturated heterocycles. The van der Waals surface area contributed by atoms with Gasteiger partial charge in [-0.3, -0.25) is 24.6 Å². The number of nitro groups is 1. The largest absolute Gasteiger partial charge is 0.481 e. The molecule has 2 aromatic rings. The van der Waals surface area contributed by atoms with Crippen molar-refractivity contribution in [2.45, 2.75) is 58.2 Å². The van der Waals surface area contributed by atoms with Gasteiger partial charge in [-0.1, -0.05) is 42.5 Å². The summed E-state index contributed by atoms with van der Waals surface area (Å²) in [5.74, 6) is -3.57. The van der Waals surface area contributed by atoms with Gasteiger partial charge in [0.1, 0.15) is 0 Å². The van der Waals surface area contributed by atoms with E-state index in [0.717, 1.165) is 18.5 Å². The Labute approximate surface area is 216 Å². The van der Waals surface area contributed by atoms with E-state index in [2.05, 4.69) is 10.2 Å². The molecule has 0 radical (unpaired) electrons. The van der Waals surface area contributed by atoms with Gasteiger partial charge >= 0.3 is 11.9 Å². The molecule has 2 aromatic carbocycles. The molecule has 37 heavy (non-hydrogen) atoms. The number of nitro benzene ring substituents is 1. The Morgan fingerprint density at radius 3 is 2.41 bits per heavy atom. The normalized spacial score (nSPS) is 32.5. The molecule has 2 fully saturated rings. The minimum Gasteiger partial charge on any atom is -0.481 e. The fraction of sp³-hybridized carbons (Fsp3) is 0.500. The van der Waals surface area contributed by atoms with E-state index in [1.807, 2.05) is 37.3 Å². The van der Waals surface area contributed by atoms with Crippen LogP contribution in [0.4, 0.5) is 5.69 Å².